The molecule has 1 aliphatic rings. The number of aliphatic carboxylic acids is 1. The Morgan fingerprint density at radius 3 is 2.55 bits per heavy atom. The maximum absolute atomic E-state index is 11.7. The summed E-state index contributed by atoms with van der Waals surface area (Å²) in [6.45, 7) is 4.04. The minimum atomic E-state index is -1.15. The predicted octanol–water partition coefficient (Wildman–Crippen LogP) is 2.41. The summed E-state index contributed by atoms with van der Waals surface area (Å²) in [6, 6.07) is 9.26. The Labute approximate surface area is 117 Å². The molecule has 0 radical (unpaired) electrons. The van der Waals surface area contributed by atoms with Gasteiger partial charge in [0.1, 0.15) is 12.1 Å². The van der Waals surface area contributed by atoms with Crippen LogP contribution in [0.2, 0.25) is 0 Å². The summed E-state index contributed by atoms with van der Waals surface area (Å²) in [6.07, 6.45) is -0.222. The van der Waals surface area contributed by atoms with Crippen molar-refractivity contribution in [1.82, 2.24) is 5.32 Å². The number of ether oxygens (including phenoxy) is 1. The molecule has 0 aliphatic heterocycles. The van der Waals surface area contributed by atoms with Crippen LogP contribution in [0, 0.1) is 11.8 Å². The van der Waals surface area contributed by atoms with Crippen LogP contribution in [-0.2, 0) is 16.1 Å². The van der Waals surface area contributed by atoms with Crippen LogP contribution in [0.4, 0.5) is 4.79 Å². The summed E-state index contributed by atoms with van der Waals surface area (Å²) in [5, 5.41) is 11.8. The summed E-state index contributed by atoms with van der Waals surface area (Å²) in [4.78, 5) is 23.1. The van der Waals surface area contributed by atoms with Gasteiger partial charge in [0.2, 0.25) is 0 Å². The number of carbonyl (C=O) groups is 2. The normalized spacial score (nSPS) is 24.2. The molecule has 108 valence electrons. The van der Waals surface area contributed by atoms with Crippen LogP contribution in [0.15, 0.2) is 30.3 Å². The third-order valence-corrected chi connectivity index (χ3v) is 3.74. The van der Waals surface area contributed by atoms with E-state index in [4.69, 9.17) is 4.74 Å². The summed E-state index contributed by atoms with van der Waals surface area (Å²) < 4.78 is 5.07. The molecule has 0 heterocycles. The first-order chi connectivity index (χ1) is 9.45. The number of hydrogen-bond donors (Lipinski definition) is 2. The number of hydrogen-bond acceptors (Lipinski definition) is 3. The summed E-state index contributed by atoms with van der Waals surface area (Å²) in [7, 11) is 0. The molecule has 1 saturated carbocycles. The van der Waals surface area contributed by atoms with Gasteiger partial charge in [0.25, 0.3) is 0 Å². The first-order valence-electron chi connectivity index (χ1n) is 6.68. The van der Waals surface area contributed by atoms with E-state index >= 15 is 0 Å². The van der Waals surface area contributed by atoms with E-state index in [0.29, 0.717) is 6.42 Å². The number of rotatable bonds is 5. The number of carbonyl (C=O) groups excluding carboxylic acids is 1. The molecule has 1 aliphatic carbocycles. The summed E-state index contributed by atoms with van der Waals surface area (Å²) in [5.41, 5.74) is -0.287. The van der Waals surface area contributed by atoms with Gasteiger partial charge in [0, 0.05) is 0 Å². The van der Waals surface area contributed by atoms with E-state index < -0.39 is 17.6 Å². The maximum Gasteiger partial charge on any atom is 0.408 e. The van der Waals surface area contributed by atoms with Gasteiger partial charge in [-0.25, -0.2) is 9.59 Å². The molecule has 0 bridgehead atoms. The van der Waals surface area contributed by atoms with Crippen molar-refractivity contribution >= 4 is 12.1 Å². The van der Waals surface area contributed by atoms with Gasteiger partial charge in [-0.15, -0.1) is 0 Å². The van der Waals surface area contributed by atoms with Crippen molar-refractivity contribution < 1.29 is 19.4 Å². The van der Waals surface area contributed by atoms with E-state index in [2.05, 4.69) is 5.32 Å². The molecule has 1 fully saturated rings. The van der Waals surface area contributed by atoms with Crippen molar-refractivity contribution in [3.63, 3.8) is 0 Å². The van der Waals surface area contributed by atoms with Gasteiger partial charge in [0.15, 0.2) is 0 Å². The smallest absolute Gasteiger partial charge is 0.408 e. The highest BCUT2D eigenvalue weighted by molar-refractivity contribution is 5.88. The third kappa shape index (κ3) is 2.92. The number of alkyl carbamates (subject to hydrolysis) is 1. The molecule has 1 amide bonds. The maximum atomic E-state index is 11.7. The van der Waals surface area contributed by atoms with Gasteiger partial charge < -0.3 is 15.2 Å². The van der Waals surface area contributed by atoms with E-state index in [1.54, 1.807) is 0 Å². The van der Waals surface area contributed by atoms with Crippen LogP contribution < -0.4 is 5.32 Å². The average Bonchev–Trinajstić information content (AvgIpc) is 3.14. The second-order valence-electron chi connectivity index (χ2n) is 5.52. The predicted molar refractivity (Wildman–Crippen MR) is 73.1 cm³/mol. The van der Waals surface area contributed by atoms with E-state index in [1.807, 2.05) is 44.2 Å². The Bertz CT molecular complexity index is 500. The largest absolute Gasteiger partial charge is 0.479 e. The van der Waals surface area contributed by atoms with Gasteiger partial charge in [-0.3, -0.25) is 0 Å². The molecule has 20 heavy (non-hydrogen) atoms. The highest BCUT2D eigenvalue weighted by atomic mass is 16.5. The SMILES string of the molecule is CC(C)[C@@H]1C[C@@]1(NC(=O)OCc1ccccc1)C(=O)O. The van der Waals surface area contributed by atoms with Crippen molar-refractivity contribution in [3.05, 3.63) is 35.9 Å². The lowest BCUT2D eigenvalue weighted by atomic mass is 10.0. The molecular weight excluding hydrogens is 258 g/mol. The van der Waals surface area contributed by atoms with Crippen LogP contribution in [0.1, 0.15) is 25.8 Å². The zero-order valence-electron chi connectivity index (χ0n) is 11.6. The number of carboxylic acids is 1. The van der Waals surface area contributed by atoms with Crippen LogP contribution in [-0.4, -0.2) is 22.7 Å². The monoisotopic (exact) mass is 277 g/mol. The molecule has 0 saturated heterocycles. The fourth-order valence-electron chi connectivity index (χ4n) is 2.48. The fourth-order valence-corrected chi connectivity index (χ4v) is 2.48. The quantitative estimate of drug-likeness (QED) is 0.866. The number of amides is 1. The lowest BCUT2D eigenvalue weighted by molar-refractivity contribution is -0.141. The molecule has 2 N–H and O–H groups in total. The molecule has 1 aromatic rings. The molecular formula is C15H19NO4. The molecule has 2 atom stereocenters. The fraction of sp³-hybridized carbons (Fsp3) is 0.467. The van der Waals surface area contributed by atoms with Crippen molar-refractivity contribution in [1.29, 1.82) is 0 Å². The third-order valence-electron chi connectivity index (χ3n) is 3.74. The minimum Gasteiger partial charge on any atom is -0.479 e. The van der Waals surface area contributed by atoms with Gasteiger partial charge >= 0.3 is 12.1 Å². The Balaban J connectivity index is 1.89. The van der Waals surface area contributed by atoms with Crippen molar-refractivity contribution in [3.8, 4) is 0 Å². The lowest BCUT2D eigenvalue weighted by Gasteiger charge is -2.16. The Hall–Kier alpha value is -2.04. The van der Waals surface area contributed by atoms with E-state index in [-0.39, 0.29) is 18.4 Å². The topological polar surface area (TPSA) is 75.6 Å². The van der Waals surface area contributed by atoms with E-state index in [9.17, 15) is 14.7 Å². The first kappa shape index (κ1) is 14.4. The first-order valence-corrected chi connectivity index (χ1v) is 6.68. The van der Waals surface area contributed by atoms with Crippen LogP contribution in [0.3, 0.4) is 0 Å². The van der Waals surface area contributed by atoms with Crippen LogP contribution in [0.5, 0.6) is 0 Å². The van der Waals surface area contributed by atoms with E-state index in [0.717, 1.165) is 5.56 Å². The average molecular weight is 277 g/mol. The van der Waals surface area contributed by atoms with Gasteiger partial charge in [-0.1, -0.05) is 44.2 Å². The van der Waals surface area contributed by atoms with Gasteiger partial charge in [-0.05, 0) is 23.8 Å². The second kappa shape index (κ2) is 5.53. The van der Waals surface area contributed by atoms with Crippen molar-refractivity contribution in [2.24, 2.45) is 11.8 Å². The zero-order valence-corrected chi connectivity index (χ0v) is 11.6. The zero-order chi connectivity index (χ0) is 14.8. The molecule has 2 rings (SSSR count). The molecule has 0 aromatic heterocycles. The molecule has 0 spiro atoms. The number of benzene rings is 1. The number of carboxylic acid groups (broad SMARTS) is 1. The standard InChI is InChI=1S/C15H19NO4/c1-10(2)12-8-15(12,13(17)18)16-14(19)20-9-11-6-4-3-5-7-11/h3-7,10,12H,8-9H2,1-2H3,(H,16,19)(H,17,18)/t12-,15-/m0/s1. The number of nitrogens with one attached hydrogen (secondary N) is 1. The summed E-state index contributed by atoms with van der Waals surface area (Å²) in [5.74, 6) is -0.822. The molecule has 1 aromatic carbocycles. The van der Waals surface area contributed by atoms with Gasteiger partial charge in [-0.2, -0.15) is 0 Å². The highest BCUT2D eigenvalue weighted by Gasteiger charge is 2.62. The molecule has 0 unspecified atom stereocenters. The lowest BCUT2D eigenvalue weighted by Crippen LogP contribution is -2.45. The highest BCUT2D eigenvalue weighted by Crippen LogP contribution is 2.48. The Morgan fingerprint density at radius 1 is 1.40 bits per heavy atom. The van der Waals surface area contributed by atoms with E-state index in [1.165, 1.54) is 0 Å². The van der Waals surface area contributed by atoms with Crippen LogP contribution in [0.25, 0.3) is 0 Å². The van der Waals surface area contributed by atoms with Crippen molar-refractivity contribution in [2.45, 2.75) is 32.4 Å². The van der Waals surface area contributed by atoms with Gasteiger partial charge in [0.05, 0.1) is 0 Å². The second-order valence-corrected chi connectivity index (χ2v) is 5.52. The van der Waals surface area contributed by atoms with Crippen LogP contribution >= 0.6 is 0 Å². The van der Waals surface area contributed by atoms with Crippen molar-refractivity contribution in [2.75, 3.05) is 0 Å². The molecule has 5 nitrogen and oxygen atoms in total. The molecule has 5 heteroatoms. The minimum absolute atomic E-state index is 0.0377. The summed E-state index contributed by atoms with van der Waals surface area (Å²) >= 11 is 0. The Kier molecular flexibility index (Phi) is 3.97. The Morgan fingerprint density at radius 2 is 2.05 bits per heavy atom.